The smallest absolute Gasteiger partial charge is 0.254 e. The first kappa shape index (κ1) is 17.4. The van der Waals surface area contributed by atoms with E-state index < -0.39 is 10.0 Å². The lowest BCUT2D eigenvalue weighted by molar-refractivity contribution is 0.327. The number of rotatable bonds is 3. The summed E-state index contributed by atoms with van der Waals surface area (Å²) in [7, 11) is -3.61. The first-order valence-electron chi connectivity index (χ1n) is 9.12. The Bertz CT molecular complexity index is 1010. The molecule has 0 saturated carbocycles. The van der Waals surface area contributed by atoms with Gasteiger partial charge < -0.3 is 4.98 Å². The number of fused-ring (bicyclic) bond motifs is 3. The number of benzene rings is 1. The minimum atomic E-state index is -3.61. The summed E-state index contributed by atoms with van der Waals surface area (Å²) < 4.78 is 28.7. The van der Waals surface area contributed by atoms with Gasteiger partial charge in [0.1, 0.15) is 5.82 Å². The molecule has 6 nitrogen and oxygen atoms in total. The van der Waals surface area contributed by atoms with Crippen molar-refractivity contribution in [2.45, 2.75) is 62.9 Å². The molecular weight excluding hydrogens is 350 g/mol. The van der Waals surface area contributed by atoms with Crippen LogP contribution in [0.1, 0.15) is 42.4 Å². The number of nitrogens with one attached hydrogen (secondary N) is 1. The van der Waals surface area contributed by atoms with E-state index in [2.05, 4.69) is 9.97 Å². The van der Waals surface area contributed by atoms with Crippen molar-refractivity contribution in [3.63, 3.8) is 0 Å². The van der Waals surface area contributed by atoms with Gasteiger partial charge >= 0.3 is 0 Å². The molecule has 2 aliphatic heterocycles. The molecule has 2 atom stereocenters. The lowest BCUT2D eigenvalue weighted by atomic mass is 9.98. The fraction of sp³-hybridized carbons (Fsp3) is 0.474. The molecule has 0 amide bonds. The molecule has 138 valence electrons. The predicted octanol–water partition coefficient (Wildman–Crippen LogP) is 1.96. The Kier molecular flexibility index (Phi) is 4.23. The van der Waals surface area contributed by atoms with Gasteiger partial charge in [-0.05, 0) is 44.2 Å². The number of nitrogens with zero attached hydrogens (tertiary/aromatic N) is 2. The largest absolute Gasteiger partial charge is 0.311 e. The van der Waals surface area contributed by atoms with E-state index in [1.54, 1.807) is 23.4 Å². The Morgan fingerprint density at radius 2 is 1.88 bits per heavy atom. The third-order valence-electron chi connectivity index (χ3n) is 5.55. The van der Waals surface area contributed by atoms with Gasteiger partial charge in [0.25, 0.3) is 5.56 Å². The van der Waals surface area contributed by atoms with E-state index in [0.29, 0.717) is 35.5 Å². The van der Waals surface area contributed by atoms with Crippen molar-refractivity contribution in [1.29, 1.82) is 0 Å². The van der Waals surface area contributed by atoms with Crippen molar-refractivity contribution in [1.82, 2.24) is 14.3 Å². The zero-order chi connectivity index (χ0) is 18.5. The van der Waals surface area contributed by atoms with E-state index in [4.69, 9.17) is 0 Å². The van der Waals surface area contributed by atoms with Crippen LogP contribution < -0.4 is 5.56 Å². The molecule has 1 saturated heterocycles. The summed E-state index contributed by atoms with van der Waals surface area (Å²) in [4.78, 5) is 20.0. The maximum Gasteiger partial charge on any atom is 0.254 e. The Hall–Kier alpha value is -1.99. The molecule has 1 aromatic heterocycles. The third kappa shape index (κ3) is 2.70. The molecule has 2 bridgehead atoms. The zero-order valence-corrected chi connectivity index (χ0v) is 15.8. The SMILES string of the molecule is CCc1ccccc1S(=O)(=O)N1[C@@H]2CC[C@H]1Cc1nc(C)[nH]c(=O)c1C2. The summed E-state index contributed by atoms with van der Waals surface area (Å²) >= 11 is 0. The summed E-state index contributed by atoms with van der Waals surface area (Å²) in [6, 6.07) is 6.90. The van der Waals surface area contributed by atoms with Gasteiger partial charge in [-0.15, -0.1) is 0 Å². The molecule has 7 heteroatoms. The highest BCUT2D eigenvalue weighted by Crippen LogP contribution is 2.37. The molecule has 2 aromatic rings. The summed E-state index contributed by atoms with van der Waals surface area (Å²) in [5.41, 5.74) is 2.10. The van der Waals surface area contributed by atoms with Crippen LogP contribution in [-0.2, 0) is 29.3 Å². The Morgan fingerprint density at radius 3 is 2.62 bits per heavy atom. The molecular formula is C19H23N3O3S. The van der Waals surface area contributed by atoms with Crippen molar-refractivity contribution in [2.75, 3.05) is 0 Å². The van der Waals surface area contributed by atoms with Crippen molar-refractivity contribution in [3.8, 4) is 0 Å². The highest BCUT2D eigenvalue weighted by Gasteiger charge is 2.45. The van der Waals surface area contributed by atoms with Crippen LogP contribution in [0.4, 0.5) is 0 Å². The van der Waals surface area contributed by atoms with Gasteiger partial charge in [-0.1, -0.05) is 25.1 Å². The second-order valence-corrected chi connectivity index (χ2v) is 8.98. The second kappa shape index (κ2) is 6.32. The van der Waals surface area contributed by atoms with Crippen LogP contribution in [-0.4, -0.2) is 34.8 Å². The summed E-state index contributed by atoms with van der Waals surface area (Å²) in [5.74, 6) is 0.581. The van der Waals surface area contributed by atoms with Crippen LogP contribution in [0.15, 0.2) is 34.0 Å². The van der Waals surface area contributed by atoms with Gasteiger partial charge in [0.05, 0.1) is 10.6 Å². The lowest BCUT2D eigenvalue weighted by Gasteiger charge is -2.28. The van der Waals surface area contributed by atoms with E-state index in [-0.39, 0.29) is 17.6 Å². The Balaban J connectivity index is 1.80. The minimum Gasteiger partial charge on any atom is -0.311 e. The molecule has 1 N–H and O–H groups in total. The summed E-state index contributed by atoms with van der Waals surface area (Å²) in [6.45, 7) is 3.73. The average molecular weight is 373 g/mol. The molecule has 3 heterocycles. The highest BCUT2D eigenvalue weighted by molar-refractivity contribution is 7.89. The fourth-order valence-corrected chi connectivity index (χ4v) is 6.55. The standard InChI is InChI=1S/C19H23N3O3S/c1-3-13-6-4-5-7-18(13)26(24,25)22-14-8-9-15(22)11-17-16(10-14)19(23)21-12(2)20-17/h4-7,14-15H,3,8-11H2,1-2H3,(H,20,21,23)/t14-,15+/m1/s1. The Labute approximate surface area is 153 Å². The minimum absolute atomic E-state index is 0.133. The van der Waals surface area contributed by atoms with Crippen LogP contribution in [0.5, 0.6) is 0 Å². The number of hydrogen-bond acceptors (Lipinski definition) is 4. The van der Waals surface area contributed by atoms with E-state index in [1.807, 2.05) is 19.1 Å². The van der Waals surface area contributed by atoms with Crippen LogP contribution in [0.25, 0.3) is 0 Å². The molecule has 4 rings (SSSR count). The molecule has 0 unspecified atom stereocenters. The molecule has 0 aliphatic carbocycles. The third-order valence-corrected chi connectivity index (χ3v) is 7.66. The van der Waals surface area contributed by atoms with Crippen LogP contribution in [0.2, 0.25) is 0 Å². The van der Waals surface area contributed by atoms with Gasteiger partial charge in [0.15, 0.2) is 0 Å². The van der Waals surface area contributed by atoms with Gasteiger partial charge in [0.2, 0.25) is 10.0 Å². The lowest BCUT2D eigenvalue weighted by Crippen LogP contribution is -2.42. The van der Waals surface area contributed by atoms with Gasteiger partial charge in [-0.2, -0.15) is 4.31 Å². The monoisotopic (exact) mass is 373 g/mol. The first-order valence-corrected chi connectivity index (χ1v) is 10.6. The van der Waals surface area contributed by atoms with Gasteiger partial charge in [-0.25, -0.2) is 13.4 Å². The maximum absolute atomic E-state index is 13.5. The van der Waals surface area contributed by atoms with Gasteiger partial charge in [0, 0.05) is 24.1 Å². The number of aryl methyl sites for hydroxylation is 2. The van der Waals surface area contributed by atoms with Crippen LogP contribution in [0.3, 0.4) is 0 Å². The maximum atomic E-state index is 13.5. The van der Waals surface area contributed by atoms with Crippen molar-refractivity contribution < 1.29 is 8.42 Å². The normalized spacial score (nSPS) is 22.8. The van der Waals surface area contributed by atoms with Gasteiger partial charge in [-0.3, -0.25) is 4.79 Å². The first-order chi connectivity index (χ1) is 12.4. The van der Waals surface area contributed by atoms with E-state index >= 15 is 0 Å². The highest BCUT2D eigenvalue weighted by atomic mass is 32.2. The molecule has 0 spiro atoms. The zero-order valence-electron chi connectivity index (χ0n) is 15.0. The Morgan fingerprint density at radius 1 is 1.19 bits per heavy atom. The van der Waals surface area contributed by atoms with E-state index in [1.165, 1.54) is 0 Å². The number of H-pyrrole nitrogens is 1. The number of aromatic nitrogens is 2. The van der Waals surface area contributed by atoms with Crippen LogP contribution in [0, 0.1) is 6.92 Å². The second-order valence-electron chi connectivity index (χ2n) is 7.17. The molecule has 1 fully saturated rings. The van der Waals surface area contributed by atoms with Crippen LogP contribution >= 0.6 is 0 Å². The van der Waals surface area contributed by atoms with Crippen molar-refractivity contribution in [3.05, 3.63) is 57.3 Å². The van der Waals surface area contributed by atoms with E-state index in [0.717, 1.165) is 24.1 Å². The van der Waals surface area contributed by atoms with E-state index in [9.17, 15) is 13.2 Å². The van der Waals surface area contributed by atoms with Crippen molar-refractivity contribution >= 4 is 10.0 Å². The molecule has 1 aromatic carbocycles. The fourth-order valence-electron chi connectivity index (χ4n) is 4.38. The number of sulfonamides is 1. The summed E-state index contributed by atoms with van der Waals surface area (Å²) in [5, 5.41) is 0. The van der Waals surface area contributed by atoms with Crippen molar-refractivity contribution in [2.24, 2.45) is 0 Å². The average Bonchev–Trinajstić information content (AvgIpc) is 2.91. The molecule has 26 heavy (non-hydrogen) atoms. The molecule has 2 aliphatic rings. The summed E-state index contributed by atoms with van der Waals surface area (Å²) in [6.07, 6.45) is 3.20. The number of aromatic amines is 1. The number of hydrogen-bond donors (Lipinski definition) is 1. The topological polar surface area (TPSA) is 83.1 Å². The predicted molar refractivity (Wildman–Crippen MR) is 98.7 cm³/mol. The quantitative estimate of drug-likeness (QED) is 0.891. The molecule has 0 radical (unpaired) electrons.